The second kappa shape index (κ2) is 42.1. The van der Waals surface area contributed by atoms with E-state index in [1.54, 1.807) is 0 Å². The van der Waals surface area contributed by atoms with E-state index < -0.39 is 49.5 Å². The molecule has 1 rings (SSSR count). The minimum atomic E-state index is -1.55. The highest BCUT2D eigenvalue weighted by Crippen LogP contribution is 2.23. The minimum absolute atomic E-state index is 0.148. The van der Waals surface area contributed by atoms with Gasteiger partial charge < -0.3 is 40.3 Å². The molecule has 354 valence electrons. The van der Waals surface area contributed by atoms with Crippen LogP contribution in [0.25, 0.3) is 0 Å². The highest BCUT2D eigenvalue weighted by atomic mass is 16.7. The topological polar surface area (TPSA) is 149 Å². The first-order chi connectivity index (χ1) is 30.3. The lowest BCUT2D eigenvalue weighted by Crippen LogP contribution is -2.60. The van der Waals surface area contributed by atoms with E-state index >= 15 is 0 Å². The van der Waals surface area contributed by atoms with Crippen molar-refractivity contribution in [3.63, 3.8) is 0 Å². The van der Waals surface area contributed by atoms with Crippen LogP contribution in [0.2, 0.25) is 0 Å². The van der Waals surface area contributed by atoms with E-state index in [1.807, 2.05) is 0 Å². The maximum atomic E-state index is 12.8. The van der Waals surface area contributed by atoms with Gasteiger partial charge in [-0.2, -0.15) is 0 Å². The van der Waals surface area contributed by atoms with Gasteiger partial charge in [0, 0.05) is 6.42 Å². The predicted octanol–water partition coefficient (Wildman–Crippen LogP) is 10.9. The Morgan fingerprint density at radius 1 is 0.565 bits per heavy atom. The van der Waals surface area contributed by atoms with Gasteiger partial charge in [-0.1, -0.05) is 188 Å². The van der Waals surface area contributed by atoms with Gasteiger partial charge in [0.1, 0.15) is 24.4 Å². The van der Waals surface area contributed by atoms with Crippen molar-refractivity contribution < 1.29 is 39.8 Å². The first-order valence-electron chi connectivity index (χ1n) is 24.4. The number of amides is 1. The molecule has 6 N–H and O–H groups in total. The summed E-state index contributed by atoms with van der Waals surface area (Å²) in [5.41, 5.74) is 0. The summed E-state index contributed by atoms with van der Waals surface area (Å²) in [6.45, 7) is 3.57. The molecule has 1 fully saturated rings. The summed E-state index contributed by atoms with van der Waals surface area (Å²) in [5.74, 6) is -0.164. The molecule has 1 aliphatic heterocycles. The van der Waals surface area contributed by atoms with Crippen LogP contribution < -0.4 is 5.32 Å². The number of carbonyl (C=O) groups excluding carboxylic acids is 1. The van der Waals surface area contributed by atoms with Gasteiger partial charge in [-0.25, -0.2) is 0 Å². The van der Waals surface area contributed by atoms with E-state index in [0.29, 0.717) is 12.8 Å². The number of nitrogens with one attached hydrogen (secondary N) is 1. The molecule has 0 saturated carbocycles. The lowest BCUT2D eigenvalue weighted by atomic mass is 9.99. The molecule has 1 amide bonds. The molecule has 0 aromatic heterocycles. The maximum absolute atomic E-state index is 12.8. The summed E-state index contributed by atoms with van der Waals surface area (Å²) >= 11 is 0. The summed E-state index contributed by atoms with van der Waals surface area (Å²) in [6, 6.07) is -0.722. The molecule has 1 aliphatic rings. The first kappa shape index (κ1) is 57.1. The average Bonchev–Trinajstić information content (AvgIpc) is 3.27. The monoisotopic (exact) mass is 868 g/mol. The Morgan fingerprint density at radius 2 is 1.00 bits per heavy atom. The third-order valence-corrected chi connectivity index (χ3v) is 11.0. The molecule has 0 aromatic carbocycles. The first-order valence-corrected chi connectivity index (χ1v) is 24.4. The van der Waals surface area contributed by atoms with Crippen molar-refractivity contribution in [1.29, 1.82) is 0 Å². The molecule has 7 atom stereocenters. The molecule has 9 nitrogen and oxygen atoms in total. The van der Waals surface area contributed by atoms with Crippen molar-refractivity contribution in [2.75, 3.05) is 13.2 Å². The molecule has 0 bridgehead atoms. The summed E-state index contributed by atoms with van der Waals surface area (Å²) in [6.07, 6.45) is 53.6. The van der Waals surface area contributed by atoms with Crippen molar-refractivity contribution >= 4 is 5.91 Å². The molecular weight excluding hydrogens is 779 g/mol. The van der Waals surface area contributed by atoms with Crippen molar-refractivity contribution in [3.05, 3.63) is 97.2 Å². The third-order valence-electron chi connectivity index (χ3n) is 11.0. The van der Waals surface area contributed by atoms with E-state index in [0.717, 1.165) is 103 Å². The van der Waals surface area contributed by atoms with Crippen LogP contribution in [0.5, 0.6) is 0 Å². The standard InChI is InChI=1S/C53H89NO8/c1-3-5-7-9-10-11-12-13-14-15-16-17-18-19-20-21-22-23-24-25-26-27-28-29-30-31-32-33-34-35-36-37-38-39-41-43-49(57)54-46(47(56)42-40-8-6-4-2)45-61-53-52(60)51(59)50(58)48(44-55)62-53/h5,7,10-11,13-14,16-17,19-20,22-23,25-26,28-29,46-48,50-53,55-56,58-60H,3-4,6,8-9,12,15,18,21,24,27,30-45H2,1-2H3,(H,54,57)/b7-5-,11-10-,14-13-,17-16-,20-19-,23-22-,26-25-,29-28-. The fourth-order valence-corrected chi connectivity index (χ4v) is 7.06. The number of unbranched alkanes of at least 4 members (excludes halogenated alkanes) is 13. The Hall–Kier alpha value is -2.89. The number of aliphatic hydroxyl groups excluding tert-OH is 5. The summed E-state index contributed by atoms with van der Waals surface area (Å²) < 4.78 is 11.1. The number of rotatable bonds is 39. The Labute approximate surface area is 377 Å². The average molecular weight is 868 g/mol. The number of hydrogen-bond donors (Lipinski definition) is 6. The van der Waals surface area contributed by atoms with Crippen LogP contribution in [0.15, 0.2) is 97.2 Å². The zero-order valence-electron chi connectivity index (χ0n) is 38.8. The third kappa shape index (κ3) is 31.9. The van der Waals surface area contributed by atoms with Gasteiger partial charge >= 0.3 is 0 Å². The number of allylic oxidation sites excluding steroid dienone is 16. The number of aliphatic hydroxyl groups is 5. The molecule has 9 heteroatoms. The quantitative estimate of drug-likeness (QED) is 0.0264. The minimum Gasteiger partial charge on any atom is -0.394 e. The molecule has 1 heterocycles. The van der Waals surface area contributed by atoms with Crippen LogP contribution in [0.1, 0.15) is 174 Å². The van der Waals surface area contributed by atoms with Gasteiger partial charge in [0.25, 0.3) is 0 Å². The second-order valence-corrected chi connectivity index (χ2v) is 16.5. The van der Waals surface area contributed by atoms with Gasteiger partial charge in [0.05, 0.1) is 25.4 Å². The lowest BCUT2D eigenvalue weighted by molar-refractivity contribution is -0.302. The fraction of sp³-hybridized carbons (Fsp3) is 0.679. The summed E-state index contributed by atoms with van der Waals surface area (Å²) in [7, 11) is 0. The number of ether oxygens (including phenoxy) is 2. The number of carbonyl (C=O) groups is 1. The Kier molecular flexibility index (Phi) is 38.8. The molecule has 0 aromatic rings. The molecule has 0 radical (unpaired) electrons. The van der Waals surface area contributed by atoms with Crippen LogP contribution in [-0.2, 0) is 14.3 Å². The van der Waals surface area contributed by atoms with E-state index in [4.69, 9.17) is 9.47 Å². The molecule has 0 spiro atoms. The fourth-order valence-electron chi connectivity index (χ4n) is 7.06. The largest absolute Gasteiger partial charge is 0.394 e. The molecule has 7 unspecified atom stereocenters. The molecule has 1 saturated heterocycles. The van der Waals surface area contributed by atoms with Gasteiger partial charge in [-0.3, -0.25) is 4.79 Å². The molecule has 0 aliphatic carbocycles. The maximum Gasteiger partial charge on any atom is 0.220 e. The van der Waals surface area contributed by atoms with Crippen LogP contribution >= 0.6 is 0 Å². The smallest absolute Gasteiger partial charge is 0.220 e. The van der Waals surface area contributed by atoms with Crippen LogP contribution in [-0.4, -0.2) is 87.5 Å². The Bertz CT molecular complexity index is 1280. The van der Waals surface area contributed by atoms with Crippen LogP contribution in [0, 0.1) is 0 Å². The zero-order valence-corrected chi connectivity index (χ0v) is 38.8. The Morgan fingerprint density at radius 3 is 1.47 bits per heavy atom. The van der Waals surface area contributed by atoms with E-state index in [2.05, 4.69) is 116 Å². The normalized spacial score (nSPS) is 21.2. The van der Waals surface area contributed by atoms with Gasteiger partial charge in [-0.15, -0.1) is 0 Å². The van der Waals surface area contributed by atoms with Crippen LogP contribution in [0.4, 0.5) is 0 Å². The van der Waals surface area contributed by atoms with Crippen molar-refractivity contribution in [2.24, 2.45) is 0 Å². The number of hydrogen-bond acceptors (Lipinski definition) is 8. The summed E-state index contributed by atoms with van der Waals surface area (Å²) in [4.78, 5) is 12.8. The van der Waals surface area contributed by atoms with E-state index in [1.165, 1.54) is 44.9 Å². The van der Waals surface area contributed by atoms with Crippen molar-refractivity contribution in [3.8, 4) is 0 Å². The second-order valence-electron chi connectivity index (χ2n) is 16.5. The van der Waals surface area contributed by atoms with Gasteiger partial charge in [-0.05, 0) is 77.0 Å². The lowest BCUT2D eigenvalue weighted by Gasteiger charge is -2.40. The highest BCUT2D eigenvalue weighted by Gasteiger charge is 2.44. The van der Waals surface area contributed by atoms with E-state index in [9.17, 15) is 30.3 Å². The zero-order chi connectivity index (χ0) is 45.1. The summed E-state index contributed by atoms with van der Waals surface area (Å²) in [5, 5.41) is 53.8. The SMILES string of the molecule is CC/C=C\C/C=C\C/C=C\C/C=C\C/C=C\C/C=C\C/C=C\C/C=C\CCCCCCCCCCCCC(=O)NC(COC1OC(CO)C(O)C(O)C1O)C(O)CCCCCC. The Balaban J connectivity index is 2.06. The van der Waals surface area contributed by atoms with E-state index in [-0.39, 0.29) is 12.5 Å². The molecule has 62 heavy (non-hydrogen) atoms. The van der Waals surface area contributed by atoms with Crippen molar-refractivity contribution in [1.82, 2.24) is 5.32 Å². The van der Waals surface area contributed by atoms with Gasteiger partial charge in [0.2, 0.25) is 5.91 Å². The van der Waals surface area contributed by atoms with Gasteiger partial charge in [0.15, 0.2) is 6.29 Å². The molecular formula is C53H89NO8. The van der Waals surface area contributed by atoms with Crippen LogP contribution in [0.3, 0.4) is 0 Å². The highest BCUT2D eigenvalue weighted by molar-refractivity contribution is 5.76. The predicted molar refractivity (Wildman–Crippen MR) is 258 cm³/mol. The van der Waals surface area contributed by atoms with Crippen molar-refractivity contribution in [2.45, 2.75) is 217 Å².